The van der Waals surface area contributed by atoms with Crippen LogP contribution in [0.5, 0.6) is 5.75 Å². The smallest absolute Gasteiger partial charge is 0.265 e. The van der Waals surface area contributed by atoms with Crippen LogP contribution in [-0.2, 0) is 17.6 Å². The van der Waals surface area contributed by atoms with Crippen molar-refractivity contribution in [1.82, 2.24) is 0 Å². The van der Waals surface area contributed by atoms with E-state index in [0.29, 0.717) is 21.3 Å². The minimum atomic E-state index is -0.742. The first kappa shape index (κ1) is 19.7. The van der Waals surface area contributed by atoms with Gasteiger partial charge in [-0.1, -0.05) is 30.5 Å². The summed E-state index contributed by atoms with van der Waals surface area (Å²) in [5.74, 6) is -0.308. The molecule has 1 aliphatic rings. The molecule has 1 aliphatic carbocycles. The van der Waals surface area contributed by atoms with Crippen LogP contribution in [0.4, 0.5) is 5.00 Å². The van der Waals surface area contributed by atoms with Gasteiger partial charge in [-0.25, -0.2) is 0 Å². The molecule has 0 spiro atoms. The predicted molar refractivity (Wildman–Crippen MR) is 109 cm³/mol. The van der Waals surface area contributed by atoms with E-state index in [1.807, 2.05) is 0 Å². The van der Waals surface area contributed by atoms with Crippen LogP contribution in [0.3, 0.4) is 0 Å². The summed E-state index contributed by atoms with van der Waals surface area (Å²) < 4.78 is 5.66. The molecule has 3 N–H and O–H groups in total. The van der Waals surface area contributed by atoms with Crippen molar-refractivity contribution in [1.29, 1.82) is 0 Å². The number of nitrogens with one attached hydrogen (secondary N) is 1. The van der Waals surface area contributed by atoms with Crippen LogP contribution in [0.2, 0.25) is 5.02 Å². The zero-order chi connectivity index (χ0) is 19.4. The number of anilines is 1. The quantitative estimate of drug-likeness (QED) is 0.763. The Balaban J connectivity index is 1.78. The molecule has 1 atom stereocenters. The van der Waals surface area contributed by atoms with Gasteiger partial charge in [-0.05, 0) is 56.4 Å². The van der Waals surface area contributed by atoms with Gasteiger partial charge in [0.2, 0.25) is 0 Å². The van der Waals surface area contributed by atoms with Crippen molar-refractivity contribution in [3.63, 3.8) is 0 Å². The molecule has 0 saturated carbocycles. The van der Waals surface area contributed by atoms with Crippen molar-refractivity contribution >= 4 is 39.8 Å². The maximum Gasteiger partial charge on any atom is 0.265 e. The van der Waals surface area contributed by atoms with Gasteiger partial charge in [-0.3, -0.25) is 9.59 Å². The molecule has 0 saturated heterocycles. The van der Waals surface area contributed by atoms with Crippen molar-refractivity contribution in [3.8, 4) is 5.75 Å². The Kier molecular flexibility index (Phi) is 6.39. The number of amides is 2. The van der Waals surface area contributed by atoms with Gasteiger partial charge in [0, 0.05) is 9.90 Å². The van der Waals surface area contributed by atoms with Crippen LogP contribution in [-0.4, -0.2) is 17.9 Å². The predicted octanol–water partition coefficient (Wildman–Crippen LogP) is 4.57. The minimum absolute atomic E-state index is 0.327. The lowest BCUT2D eigenvalue weighted by atomic mass is 9.96. The molecule has 27 heavy (non-hydrogen) atoms. The second-order valence-corrected chi connectivity index (χ2v) is 8.23. The maximum absolute atomic E-state index is 12.6. The normalized spacial score (nSPS) is 15.2. The number of hydrogen-bond donors (Lipinski definition) is 2. The van der Waals surface area contributed by atoms with Crippen molar-refractivity contribution in [2.75, 3.05) is 5.32 Å². The lowest BCUT2D eigenvalue weighted by Gasteiger charge is -2.15. The minimum Gasteiger partial charge on any atom is -0.481 e. The van der Waals surface area contributed by atoms with Gasteiger partial charge in [0.15, 0.2) is 6.10 Å². The zero-order valence-corrected chi connectivity index (χ0v) is 16.8. The van der Waals surface area contributed by atoms with Crippen LogP contribution >= 0.6 is 22.9 Å². The Morgan fingerprint density at radius 2 is 1.96 bits per heavy atom. The molecule has 1 heterocycles. The molecular formula is C20H23ClN2O3S. The molecule has 5 nitrogen and oxygen atoms in total. The van der Waals surface area contributed by atoms with Gasteiger partial charge < -0.3 is 15.8 Å². The first-order chi connectivity index (χ1) is 13.0. The van der Waals surface area contributed by atoms with Gasteiger partial charge >= 0.3 is 0 Å². The van der Waals surface area contributed by atoms with Crippen LogP contribution in [0.15, 0.2) is 24.3 Å². The molecule has 0 bridgehead atoms. The Morgan fingerprint density at radius 3 is 2.67 bits per heavy atom. The van der Waals surface area contributed by atoms with E-state index < -0.39 is 12.0 Å². The second-order valence-electron chi connectivity index (χ2n) is 6.69. The summed E-state index contributed by atoms with van der Waals surface area (Å²) in [5.41, 5.74) is 7.10. The highest BCUT2D eigenvalue weighted by Gasteiger charge is 2.25. The largest absolute Gasteiger partial charge is 0.481 e. The number of benzene rings is 1. The number of aryl methyl sites for hydroxylation is 1. The fraction of sp³-hybridized carbons (Fsp3) is 0.400. The number of halogens is 1. The van der Waals surface area contributed by atoms with E-state index in [9.17, 15) is 9.59 Å². The summed E-state index contributed by atoms with van der Waals surface area (Å²) in [6.07, 6.45) is 5.47. The number of rotatable bonds is 5. The maximum atomic E-state index is 12.6. The third-order valence-electron chi connectivity index (χ3n) is 4.63. The standard InChI is InChI=1S/C20H23ClN2O3S/c1-12(26-14-8-6-7-13(21)11-14)19(25)23-20-17(18(22)24)15-9-4-2-3-5-10-16(15)27-20/h6-8,11-12H,2-5,9-10H2,1H3,(H2,22,24)(H,23,25)/t12-/m1/s1. The first-order valence-corrected chi connectivity index (χ1v) is 10.3. The number of thiophene rings is 1. The van der Waals surface area contributed by atoms with E-state index in [4.69, 9.17) is 22.1 Å². The number of nitrogens with two attached hydrogens (primary N) is 1. The molecule has 0 aliphatic heterocycles. The Bertz CT molecular complexity index is 850. The third-order valence-corrected chi connectivity index (χ3v) is 6.07. The highest BCUT2D eigenvalue weighted by molar-refractivity contribution is 7.17. The van der Waals surface area contributed by atoms with Crippen LogP contribution in [0, 0.1) is 0 Å². The SMILES string of the molecule is C[C@@H](Oc1cccc(Cl)c1)C(=O)Nc1sc2c(c1C(N)=O)CCCCCC2. The molecule has 0 radical (unpaired) electrons. The van der Waals surface area contributed by atoms with Gasteiger partial charge in [0.05, 0.1) is 5.56 Å². The van der Waals surface area contributed by atoms with Crippen molar-refractivity contribution in [3.05, 3.63) is 45.3 Å². The average Bonchev–Trinajstić information content (AvgIpc) is 2.91. The first-order valence-electron chi connectivity index (χ1n) is 9.13. The lowest BCUT2D eigenvalue weighted by molar-refractivity contribution is -0.122. The number of primary amides is 1. The van der Waals surface area contributed by atoms with Gasteiger partial charge in [-0.15, -0.1) is 11.3 Å². The summed E-state index contributed by atoms with van der Waals surface area (Å²) in [6.45, 7) is 1.66. The molecular weight excluding hydrogens is 384 g/mol. The molecule has 1 aromatic carbocycles. The van der Waals surface area contributed by atoms with E-state index in [1.165, 1.54) is 17.8 Å². The van der Waals surface area contributed by atoms with E-state index in [2.05, 4.69) is 5.32 Å². The van der Waals surface area contributed by atoms with E-state index in [-0.39, 0.29) is 5.91 Å². The second kappa shape index (κ2) is 8.76. The summed E-state index contributed by atoms with van der Waals surface area (Å²) in [4.78, 5) is 25.8. The average molecular weight is 407 g/mol. The van der Waals surface area contributed by atoms with E-state index in [1.54, 1.807) is 31.2 Å². The topological polar surface area (TPSA) is 81.4 Å². The molecule has 7 heteroatoms. The van der Waals surface area contributed by atoms with Crippen LogP contribution in [0.1, 0.15) is 53.4 Å². The highest BCUT2D eigenvalue weighted by Crippen LogP contribution is 2.37. The third kappa shape index (κ3) is 4.82. The fourth-order valence-corrected chi connectivity index (χ4v) is 4.76. The van der Waals surface area contributed by atoms with Gasteiger partial charge in [0.1, 0.15) is 10.8 Å². The summed E-state index contributed by atoms with van der Waals surface area (Å²) in [6, 6.07) is 6.88. The Labute approximate surface area is 167 Å². The number of fused-ring (bicyclic) bond motifs is 1. The highest BCUT2D eigenvalue weighted by atomic mass is 35.5. The van der Waals surface area contributed by atoms with Crippen LogP contribution in [0.25, 0.3) is 0 Å². The van der Waals surface area contributed by atoms with Gasteiger partial charge in [-0.2, -0.15) is 0 Å². The molecule has 144 valence electrons. The molecule has 2 aromatic rings. The number of carbonyl (C=O) groups excluding carboxylic acids is 2. The number of ether oxygens (including phenoxy) is 1. The molecule has 0 unspecified atom stereocenters. The zero-order valence-electron chi connectivity index (χ0n) is 15.2. The summed E-state index contributed by atoms with van der Waals surface area (Å²) in [5, 5.41) is 3.91. The van der Waals surface area contributed by atoms with Crippen LogP contribution < -0.4 is 15.8 Å². The monoisotopic (exact) mass is 406 g/mol. The van der Waals surface area contributed by atoms with E-state index in [0.717, 1.165) is 42.5 Å². The molecule has 3 rings (SSSR count). The lowest BCUT2D eigenvalue weighted by Crippen LogP contribution is -2.30. The number of hydrogen-bond acceptors (Lipinski definition) is 4. The molecule has 0 fully saturated rings. The number of carbonyl (C=O) groups is 2. The molecule has 1 aromatic heterocycles. The van der Waals surface area contributed by atoms with Crippen molar-refractivity contribution in [2.45, 2.75) is 51.6 Å². The Hall–Kier alpha value is -2.05. The molecule has 2 amide bonds. The Morgan fingerprint density at radius 1 is 1.22 bits per heavy atom. The van der Waals surface area contributed by atoms with Crippen molar-refractivity contribution in [2.24, 2.45) is 5.73 Å². The van der Waals surface area contributed by atoms with E-state index >= 15 is 0 Å². The summed E-state index contributed by atoms with van der Waals surface area (Å²) in [7, 11) is 0. The van der Waals surface area contributed by atoms with Gasteiger partial charge in [0.25, 0.3) is 11.8 Å². The summed E-state index contributed by atoms with van der Waals surface area (Å²) >= 11 is 7.41. The van der Waals surface area contributed by atoms with Crippen molar-refractivity contribution < 1.29 is 14.3 Å². The fourth-order valence-electron chi connectivity index (χ4n) is 3.28.